The molecule has 0 bridgehead atoms. The lowest BCUT2D eigenvalue weighted by atomic mass is 9.88. The summed E-state index contributed by atoms with van der Waals surface area (Å²) in [6, 6.07) is 8.93. The number of nitrogens with one attached hydrogen (secondary N) is 2. The molecule has 1 heterocycles. The van der Waals surface area contributed by atoms with Crippen LogP contribution in [0, 0.1) is 11.8 Å². The first-order valence-electron chi connectivity index (χ1n) is 10.0. The number of hydrogen-bond donors (Lipinski definition) is 2. The van der Waals surface area contributed by atoms with Gasteiger partial charge in [0, 0.05) is 11.3 Å². The first kappa shape index (κ1) is 19.5. The van der Waals surface area contributed by atoms with Crippen LogP contribution in [0.3, 0.4) is 0 Å². The van der Waals surface area contributed by atoms with Gasteiger partial charge in [0.2, 0.25) is 11.8 Å². The molecule has 0 spiro atoms. The number of benzene rings is 1. The van der Waals surface area contributed by atoms with Gasteiger partial charge in [0.25, 0.3) is 0 Å². The van der Waals surface area contributed by atoms with Crippen molar-refractivity contribution < 1.29 is 14.0 Å². The van der Waals surface area contributed by atoms with E-state index in [1.54, 1.807) is 0 Å². The van der Waals surface area contributed by atoms with Crippen molar-refractivity contribution >= 4 is 22.8 Å². The van der Waals surface area contributed by atoms with E-state index in [1.807, 2.05) is 51.1 Å². The normalized spacial score (nSPS) is 17.6. The van der Waals surface area contributed by atoms with Gasteiger partial charge in [-0.3, -0.25) is 9.59 Å². The Morgan fingerprint density at radius 3 is 2.41 bits per heavy atom. The Morgan fingerprint density at radius 1 is 1.04 bits per heavy atom. The quantitative estimate of drug-likeness (QED) is 0.795. The average molecular weight is 370 g/mol. The molecule has 3 rings (SSSR count). The average Bonchev–Trinajstić information content (AvgIpc) is 3.10. The fourth-order valence-corrected chi connectivity index (χ4v) is 3.76. The van der Waals surface area contributed by atoms with Gasteiger partial charge in [0.05, 0.1) is 6.04 Å². The highest BCUT2D eigenvalue weighted by molar-refractivity contribution is 5.89. The summed E-state index contributed by atoms with van der Waals surface area (Å²) in [5.74, 6) is 0.619. The molecule has 0 saturated heterocycles. The summed E-state index contributed by atoms with van der Waals surface area (Å²) >= 11 is 0. The molecule has 1 aliphatic carbocycles. The molecule has 1 saturated carbocycles. The van der Waals surface area contributed by atoms with Crippen molar-refractivity contribution in [1.29, 1.82) is 0 Å². The largest absolute Gasteiger partial charge is 0.459 e. The standard InChI is InChI=1S/C22H30N2O3/c1-14(2)20(24-21(25)16-9-5-4-6-10-16)22(26)23-15(3)19-13-17-11-7-8-12-18(17)27-19/h7-8,11-16,20H,4-6,9-10H2,1-3H3,(H,23,26)(H,24,25)/t15-,20-/m0/s1. The summed E-state index contributed by atoms with van der Waals surface area (Å²) in [6.45, 7) is 5.81. The van der Waals surface area contributed by atoms with Crippen LogP contribution in [0.15, 0.2) is 34.7 Å². The van der Waals surface area contributed by atoms with Crippen LogP contribution in [0.2, 0.25) is 0 Å². The topological polar surface area (TPSA) is 71.3 Å². The molecule has 0 radical (unpaired) electrons. The van der Waals surface area contributed by atoms with E-state index >= 15 is 0 Å². The number of rotatable bonds is 6. The first-order valence-corrected chi connectivity index (χ1v) is 10.0. The molecule has 0 aliphatic heterocycles. The van der Waals surface area contributed by atoms with E-state index < -0.39 is 6.04 Å². The summed E-state index contributed by atoms with van der Waals surface area (Å²) in [6.07, 6.45) is 5.24. The molecular weight excluding hydrogens is 340 g/mol. The van der Waals surface area contributed by atoms with Crippen LogP contribution < -0.4 is 10.6 Å². The molecular formula is C22H30N2O3. The molecule has 5 heteroatoms. The second-order valence-electron chi connectivity index (χ2n) is 7.98. The third kappa shape index (κ3) is 4.71. The first-order chi connectivity index (χ1) is 13.0. The Hall–Kier alpha value is -2.30. The summed E-state index contributed by atoms with van der Waals surface area (Å²) in [5.41, 5.74) is 0.805. The van der Waals surface area contributed by atoms with E-state index in [0.29, 0.717) is 5.76 Å². The Labute approximate surface area is 160 Å². The van der Waals surface area contributed by atoms with Crippen LogP contribution in [0.25, 0.3) is 11.0 Å². The highest BCUT2D eigenvalue weighted by Gasteiger charge is 2.29. The van der Waals surface area contributed by atoms with Gasteiger partial charge in [-0.2, -0.15) is 0 Å². The van der Waals surface area contributed by atoms with Gasteiger partial charge in [-0.1, -0.05) is 51.3 Å². The number of carbonyl (C=O) groups excluding carboxylic acids is 2. The van der Waals surface area contributed by atoms with E-state index in [4.69, 9.17) is 4.42 Å². The Balaban J connectivity index is 1.64. The lowest BCUT2D eigenvalue weighted by Crippen LogP contribution is -2.51. The zero-order chi connectivity index (χ0) is 19.4. The molecule has 1 fully saturated rings. The van der Waals surface area contributed by atoms with Crippen molar-refractivity contribution in [1.82, 2.24) is 10.6 Å². The van der Waals surface area contributed by atoms with Crippen molar-refractivity contribution in [2.75, 3.05) is 0 Å². The monoisotopic (exact) mass is 370 g/mol. The fraction of sp³-hybridized carbons (Fsp3) is 0.545. The van der Waals surface area contributed by atoms with Crippen LogP contribution in [0.5, 0.6) is 0 Å². The fourth-order valence-electron chi connectivity index (χ4n) is 3.76. The number of carbonyl (C=O) groups is 2. The lowest BCUT2D eigenvalue weighted by Gasteiger charge is -2.27. The van der Waals surface area contributed by atoms with Crippen molar-refractivity contribution in [3.63, 3.8) is 0 Å². The SMILES string of the molecule is CC(C)[C@H](NC(=O)C1CCCCC1)C(=O)N[C@@H](C)c1cc2ccccc2o1. The van der Waals surface area contributed by atoms with Crippen LogP contribution in [-0.4, -0.2) is 17.9 Å². The van der Waals surface area contributed by atoms with Gasteiger partial charge in [-0.05, 0) is 37.8 Å². The lowest BCUT2D eigenvalue weighted by molar-refractivity contribution is -0.133. The van der Waals surface area contributed by atoms with E-state index in [2.05, 4.69) is 10.6 Å². The zero-order valence-corrected chi connectivity index (χ0v) is 16.5. The number of fused-ring (bicyclic) bond motifs is 1. The van der Waals surface area contributed by atoms with Crippen LogP contribution in [-0.2, 0) is 9.59 Å². The van der Waals surface area contributed by atoms with Gasteiger partial charge >= 0.3 is 0 Å². The minimum atomic E-state index is -0.536. The number of furan rings is 1. The van der Waals surface area contributed by atoms with Crippen LogP contribution >= 0.6 is 0 Å². The van der Waals surface area contributed by atoms with Gasteiger partial charge < -0.3 is 15.1 Å². The molecule has 5 nitrogen and oxygen atoms in total. The molecule has 1 aromatic carbocycles. The summed E-state index contributed by atoms with van der Waals surface area (Å²) in [4.78, 5) is 25.4. The molecule has 0 unspecified atom stereocenters. The van der Waals surface area contributed by atoms with E-state index in [0.717, 1.165) is 36.7 Å². The van der Waals surface area contributed by atoms with E-state index in [-0.39, 0.29) is 29.7 Å². The maximum atomic E-state index is 12.8. The van der Waals surface area contributed by atoms with Gasteiger partial charge in [-0.25, -0.2) is 0 Å². The van der Waals surface area contributed by atoms with E-state index in [1.165, 1.54) is 6.42 Å². The maximum absolute atomic E-state index is 12.8. The van der Waals surface area contributed by atoms with Crippen molar-refractivity contribution in [2.24, 2.45) is 11.8 Å². The summed E-state index contributed by atoms with van der Waals surface area (Å²) in [5, 5.41) is 7.00. The minimum absolute atomic E-state index is 0.0138. The van der Waals surface area contributed by atoms with Gasteiger partial charge in [0.15, 0.2) is 0 Å². The Morgan fingerprint density at radius 2 is 1.74 bits per heavy atom. The molecule has 27 heavy (non-hydrogen) atoms. The predicted molar refractivity (Wildman–Crippen MR) is 106 cm³/mol. The smallest absolute Gasteiger partial charge is 0.243 e. The highest BCUT2D eigenvalue weighted by Crippen LogP contribution is 2.25. The highest BCUT2D eigenvalue weighted by atomic mass is 16.3. The molecule has 1 aromatic heterocycles. The Bertz CT molecular complexity index is 757. The van der Waals surface area contributed by atoms with Crippen molar-refractivity contribution in [2.45, 2.75) is 65.0 Å². The van der Waals surface area contributed by atoms with Gasteiger partial charge in [0.1, 0.15) is 17.4 Å². The summed E-state index contributed by atoms with van der Waals surface area (Å²) < 4.78 is 5.85. The molecule has 2 amide bonds. The third-order valence-corrected chi connectivity index (χ3v) is 5.45. The predicted octanol–water partition coefficient (Wildman–Crippen LogP) is 4.33. The second kappa shape index (κ2) is 8.59. The summed E-state index contributed by atoms with van der Waals surface area (Å²) in [7, 11) is 0. The second-order valence-corrected chi connectivity index (χ2v) is 7.98. The molecule has 1 aliphatic rings. The van der Waals surface area contributed by atoms with Gasteiger partial charge in [-0.15, -0.1) is 0 Å². The molecule has 2 N–H and O–H groups in total. The van der Waals surface area contributed by atoms with Crippen LogP contribution in [0.1, 0.15) is 64.7 Å². The number of hydrogen-bond acceptors (Lipinski definition) is 3. The maximum Gasteiger partial charge on any atom is 0.243 e. The molecule has 2 atom stereocenters. The van der Waals surface area contributed by atoms with Crippen LogP contribution in [0.4, 0.5) is 0 Å². The zero-order valence-electron chi connectivity index (χ0n) is 16.5. The van der Waals surface area contributed by atoms with Crippen molar-refractivity contribution in [3.05, 3.63) is 36.1 Å². The minimum Gasteiger partial charge on any atom is -0.459 e. The Kier molecular flexibility index (Phi) is 6.19. The molecule has 2 aromatic rings. The number of para-hydroxylation sites is 1. The molecule has 146 valence electrons. The number of amides is 2. The van der Waals surface area contributed by atoms with Crippen molar-refractivity contribution in [3.8, 4) is 0 Å². The third-order valence-electron chi connectivity index (χ3n) is 5.45. The van der Waals surface area contributed by atoms with E-state index in [9.17, 15) is 9.59 Å².